The van der Waals surface area contributed by atoms with E-state index in [1.165, 1.54) is 12.1 Å². The van der Waals surface area contributed by atoms with Crippen LogP contribution in [-0.4, -0.2) is 9.97 Å². The van der Waals surface area contributed by atoms with E-state index in [4.69, 9.17) is 46.4 Å². The van der Waals surface area contributed by atoms with Crippen molar-refractivity contribution in [3.8, 4) is 10.0 Å². The molecule has 4 rings (SSSR count). The molecule has 0 unspecified atom stereocenters. The van der Waals surface area contributed by atoms with Crippen molar-refractivity contribution >= 4 is 89.2 Å². The van der Waals surface area contributed by atoms with Crippen LogP contribution in [0.1, 0.15) is 0 Å². The molecule has 0 N–H and O–H groups in total. The SMILES string of the molecule is O=c1nc(-c2nc(=O)c3cc(Cl)cc(Cl)c3s2)sc2c(Cl)cc(Cl)cc12. The minimum atomic E-state index is -0.498. The van der Waals surface area contributed by atoms with Crippen molar-refractivity contribution in [3.63, 3.8) is 0 Å². The van der Waals surface area contributed by atoms with Crippen LogP contribution in [0.3, 0.4) is 0 Å². The summed E-state index contributed by atoms with van der Waals surface area (Å²) in [5.41, 5.74) is -0.996. The molecule has 4 nitrogen and oxygen atoms in total. The first kappa shape index (κ1) is 18.1. The summed E-state index contributed by atoms with van der Waals surface area (Å²) in [5, 5.41) is 2.54. The van der Waals surface area contributed by atoms with Crippen LogP contribution in [0.4, 0.5) is 0 Å². The van der Waals surface area contributed by atoms with Crippen LogP contribution in [0.2, 0.25) is 20.1 Å². The first-order chi connectivity index (χ1) is 12.3. The highest BCUT2D eigenvalue weighted by atomic mass is 35.5. The monoisotopic (exact) mass is 460 g/mol. The van der Waals surface area contributed by atoms with E-state index in [0.29, 0.717) is 40.3 Å². The van der Waals surface area contributed by atoms with E-state index < -0.39 is 11.1 Å². The molecule has 0 amide bonds. The summed E-state index contributed by atoms with van der Waals surface area (Å²) >= 11 is 26.6. The number of fused-ring (bicyclic) bond motifs is 2. The van der Waals surface area contributed by atoms with Gasteiger partial charge in [-0.1, -0.05) is 46.4 Å². The van der Waals surface area contributed by atoms with Gasteiger partial charge >= 0.3 is 0 Å². The molecule has 0 saturated carbocycles. The average Bonchev–Trinajstić information content (AvgIpc) is 2.56. The molecular weight excluding hydrogens is 458 g/mol. The van der Waals surface area contributed by atoms with Gasteiger partial charge in [0.15, 0.2) is 10.0 Å². The minimum absolute atomic E-state index is 0.279. The molecule has 0 bridgehead atoms. The summed E-state index contributed by atoms with van der Waals surface area (Å²) in [6, 6.07) is 6.10. The molecule has 130 valence electrons. The zero-order valence-corrected chi connectivity index (χ0v) is 17.0. The molecule has 10 heteroatoms. The third-order valence-corrected chi connectivity index (χ3v) is 7.09. The molecule has 26 heavy (non-hydrogen) atoms. The first-order valence-corrected chi connectivity index (χ1v) is 10.1. The second-order valence-corrected chi connectivity index (χ2v) is 8.86. The van der Waals surface area contributed by atoms with Gasteiger partial charge in [-0.2, -0.15) is 9.97 Å². The van der Waals surface area contributed by atoms with Crippen molar-refractivity contribution in [1.29, 1.82) is 0 Å². The first-order valence-electron chi connectivity index (χ1n) is 6.93. The number of rotatable bonds is 1. The summed E-state index contributed by atoms with van der Waals surface area (Å²) in [6.07, 6.45) is 0. The number of nitrogens with zero attached hydrogens (tertiary/aromatic N) is 2. The minimum Gasteiger partial charge on any atom is -0.267 e. The van der Waals surface area contributed by atoms with Crippen LogP contribution in [0, 0.1) is 0 Å². The van der Waals surface area contributed by atoms with Gasteiger partial charge in [0.25, 0.3) is 11.1 Å². The fourth-order valence-electron chi connectivity index (χ4n) is 2.37. The summed E-state index contributed by atoms with van der Waals surface area (Å²) in [5.74, 6) is 0. The topological polar surface area (TPSA) is 59.9 Å². The summed E-state index contributed by atoms with van der Waals surface area (Å²) in [7, 11) is 0. The highest BCUT2D eigenvalue weighted by Gasteiger charge is 2.15. The zero-order valence-electron chi connectivity index (χ0n) is 12.3. The number of benzene rings is 2. The largest absolute Gasteiger partial charge is 0.279 e. The Morgan fingerprint density at radius 2 is 1.04 bits per heavy atom. The van der Waals surface area contributed by atoms with Gasteiger partial charge in [0.05, 0.1) is 30.2 Å². The second-order valence-electron chi connectivity index (χ2n) is 5.18. The van der Waals surface area contributed by atoms with Crippen molar-refractivity contribution in [1.82, 2.24) is 9.97 Å². The van der Waals surface area contributed by atoms with E-state index in [1.54, 1.807) is 12.1 Å². The molecule has 0 spiro atoms. The van der Waals surface area contributed by atoms with Gasteiger partial charge in [0, 0.05) is 10.0 Å². The van der Waals surface area contributed by atoms with Gasteiger partial charge in [-0.3, -0.25) is 9.59 Å². The van der Waals surface area contributed by atoms with Gasteiger partial charge in [-0.15, -0.1) is 22.7 Å². The van der Waals surface area contributed by atoms with Crippen molar-refractivity contribution in [2.75, 3.05) is 0 Å². The predicted molar refractivity (Wildman–Crippen MR) is 111 cm³/mol. The summed E-state index contributed by atoms with van der Waals surface area (Å²) in [4.78, 5) is 32.8. The van der Waals surface area contributed by atoms with Gasteiger partial charge in [0.2, 0.25) is 0 Å². The number of halogens is 4. The lowest BCUT2D eigenvalue weighted by Gasteiger charge is -2.05. The van der Waals surface area contributed by atoms with Gasteiger partial charge < -0.3 is 0 Å². The van der Waals surface area contributed by atoms with Crippen LogP contribution in [-0.2, 0) is 0 Å². The lowest BCUT2D eigenvalue weighted by atomic mass is 10.3. The molecule has 0 fully saturated rings. The Kier molecular flexibility index (Phi) is 4.67. The van der Waals surface area contributed by atoms with Gasteiger partial charge in [-0.05, 0) is 24.3 Å². The Labute approximate surface area is 173 Å². The number of hydrogen-bond donors (Lipinski definition) is 0. The van der Waals surface area contributed by atoms with Gasteiger partial charge in [0.1, 0.15) is 0 Å². The Morgan fingerprint density at radius 1 is 0.654 bits per heavy atom. The fourth-order valence-corrected chi connectivity index (χ4v) is 5.58. The molecule has 2 aromatic carbocycles. The Hall–Kier alpha value is -1.28. The second kappa shape index (κ2) is 6.71. The number of aromatic nitrogens is 2. The molecular formula is C16H4Cl4N2O2S2. The van der Waals surface area contributed by atoms with Crippen molar-refractivity contribution in [2.24, 2.45) is 0 Å². The van der Waals surface area contributed by atoms with Crippen LogP contribution < -0.4 is 11.1 Å². The number of hydrogen-bond acceptors (Lipinski definition) is 6. The molecule has 0 saturated heterocycles. The smallest absolute Gasteiger partial charge is 0.267 e. The van der Waals surface area contributed by atoms with E-state index in [0.717, 1.165) is 22.7 Å². The zero-order chi connectivity index (χ0) is 18.6. The standard InChI is InChI=1S/C16H4Cl4N2O2S2/c17-5-1-7-11(9(19)3-5)25-15(21-13(7)23)16-22-14(24)8-2-6(18)4-10(20)12(8)26-16/h1-4H. The van der Waals surface area contributed by atoms with E-state index in [-0.39, 0.29) is 10.0 Å². The lowest BCUT2D eigenvalue weighted by Crippen LogP contribution is -2.10. The third kappa shape index (κ3) is 3.11. The molecule has 0 radical (unpaired) electrons. The molecule has 2 aromatic heterocycles. The normalized spacial score (nSPS) is 11.4. The van der Waals surface area contributed by atoms with Crippen LogP contribution in [0.15, 0.2) is 33.9 Å². The maximum absolute atomic E-state index is 12.4. The third-order valence-electron chi connectivity index (χ3n) is 3.46. The van der Waals surface area contributed by atoms with Crippen LogP contribution >= 0.6 is 69.1 Å². The Morgan fingerprint density at radius 3 is 1.42 bits per heavy atom. The van der Waals surface area contributed by atoms with E-state index >= 15 is 0 Å². The molecule has 4 aromatic rings. The van der Waals surface area contributed by atoms with E-state index in [1.807, 2.05) is 0 Å². The van der Waals surface area contributed by atoms with Gasteiger partial charge in [-0.25, -0.2) is 0 Å². The molecule has 0 atom stereocenters. The molecule has 0 aliphatic rings. The predicted octanol–water partition coefficient (Wildman–Crippen LogP) is 5.91. The lowest BCUT2D eigenvalue weighted by molar-refractivity contribution is 1.26. The van der Waals surface area contributed by atoms with Crippen molar-refractivity contribution in [2.45, 2.75) is 0 Å². The highest BCUT2D eigenvalue weighted by molar-refractivity contribution is 7.27. The molecule has 0 aliphatic carbocycles. The average molecular weight is 462 g/mol. The van der Waals surface area contributed by atoms with Crippen molar-refractivity contribution in [3.05, 3.63) is 65.1 Å². The Bertz CT molecular complexity index is 1230. The van der Waals surface area contributed by atoms with E-state index in [9.17, 15) is 9.59 Å². The quantitative estimate of drug-likeness (QED) is 0.353. The van der Waals surface area contributed by atoms with Crippen LogP contribution in [0.5, 0.6) is 0 Å². The Balaban J connectivity index is 2.04. The van der Waals surface area contributed by atoms with Crippen LogP contribution in [0.25, 0.3) is 30.2 Å². The summed E-state index contributed by atoms with van der Waals surface area (Å²) in [6.45, 7) is 0. The fraction of sp³-hybridized carbons (Fsp3) is 0. The molecule has 2 heterocycles. The molecule has 0 aliphatic heterocycles. The summed E-state index contributed by atoms with van der Waals surface area (Å²) < 4.78 is 1.05. The maximum Gasteiger partial charge on any atom is 0.279 e. The van der Waals surface area contributed by atoms with Crippen molar-refractivity contribution < 1.29 is 0 Å². The maximum atomic E-state index is 12.4. The van der Waals surface area contributed by atoms with E-state index in [2.05, 4.69) is 9.97 Å². The highest BCUT2D eigenvalue weighted by Crippen LogP contribution is 2.36.